The van der Waals surface area contributed by atoms with Crippen molar-refractivity contribution in [1.82, 2.24) is 5.32 Å². The normalized spacial score (nSPS) is 24.8. The van der Waals surface area contributed by atoms with Crippen LogP contribution >= 0.6 is 0 Å². The second-order valence-corrected chi connectivity index (χ2v) is 6.50. The fourth-order valence-corrected chi connectivity index (χ4v) is 3.80. The molecule has 1 aromatic heterocycles. The van der Waals surface area contributed by atoms with E-state index in [1.807, 2.05) is 0 Å². The molecule has 0 saturated heterocycles. The number of furan rings is 1. The van der Waals surface area contributed by atoms with Crippen molar-refractivity contribution in [3.05, 3.63) is 23.2 Å². The van der Waals surface area contributed by atoms with Gasteiger partial charge in [0.2, 0.25) is 0 Å². The molecule has 0 aromatic carbocycles. The van der Waals surface area contributed by atoms with Gasteiger partial charge in [-0.05, 0) is 57.6 Å². The summed E-state index contributed by atoms with van der Waals surface area (Å²) in [6, 6.07) is 2.74. The summed E-state index contributed by atoms with van der Waals surface area (Å²) in [6.07, 6.45) is 8.08. The predicted molar refractivity (Wildman–Crippen MR) is 85.0 cm³/mol. The Morgan fingerprint density at radius 2 is 2.10 bits per heavy atom. The van der Waals surface area contributed by atoms with Crippen molar-refractivity contribution in [2.75, 3.05) is 6.54 Å². The lowest BCUT2D eigenvalue weighted by Crippen LogP contribution is -2.32. The zero-order valence-electron chi connectivity index (χ0n) is 13.7. The Kier molecular flexibility index (Phi) is 5.71. The van der Waals surface area contributed by atoms with Gasteiger partial charge in [0.25, 0.3) is 0 Å². The Morgan fingerprint density at radius 1 is 1.30 bits per heavy atom. The van der Waals surface area contributed by atoms with Crippen molar-refractivity contribution in [3.8, 4) is 0 Å². The summed E-state index contributed by atoms with van der Waals surface area (Å²) in [6.45, 7) is 9.86. The number of aryl methyl sites for hydroxylation is 2. The van der Waals surface area contributed by atoms with Crippen molar-refractivity contribution >= 4 is 0 Å². The molecule has 0 aliphatic heterocycles. The molecule has 0 amide bonds. The molecular formula is C18H31NO. The highest BCUT2D eigenvalue weighted by Crippen LogP contribution is 2.39. The summed E-state index contributed by atoms with van der Waals surface area (Å²) in [7, 11) is 0. The molecule has 3 unspecified atom stereocenters. The maximum absolute atomic E-state index is 5.78. The van der Waals surface area contributed by atoms with E-state index in [-0.39, 0.29) is 0 Å². The Morgan fingerprint density at radius 3 is 2.70 bits per heavy atom. The van der Waals surface area contributed by atoms with E-state index in [9.17, 15) is 0 Å². The molecule has 2 nitrogen and oxygen atoms in total. The molecule has 1 heterocycles. The second kappa shape index (κ2) is 7.31. The van der Waals surface area contributed by atoms with Crippen LogP contribution in [0.1, 0.15) is 75.5 Å². The van der Waals surface area contributed by atoms with Gasteiger partial charge < -0.3 is 9.73 Å². The lowest BCUT2D eigenvalue weighted by Gasteiger charge is -2.35. The summed E-state index contributed by atoms with van der Waals surface area (Å²) in [5.74, 6) is 3.85. The van der Waals surface area contributed by atoms with Gasteiger partial charge in [-0.2, -0.15) is 0 Å². The van der Waals surface area contributed by atoms with Gasteiger partial charge in [0.05, 0.1) is 0 Å². The number of hydrogen-bond acceptors (Lipinski definition) is 2. The first kappa shape index (κ1) is 15.6. The number of nitrogens with one attached hydrogen (secondary N) is 1. The van der Waals surface area contributed by atoms with Crippen molar-refractivity contribution in [2.24, 2.45) is 11.8 Å². The third-order valence-corrected chi connectivity index (χ3v) is 4.90. The van der Waals surface area contributed by atoms with E-state index in [0.717, 1.165) is 29.9 Å². The largest absolute Gasteiger partial charge is 0.466 e. The van der Waals surface area contributed by atoms with Crippen molar-refractivity contribution < 1.29 is 4.42 Å². The summed E-state index contributed by atoms with van der Waals surface area (Å²) in [4.78, 5) is 0. The summed E-state index contributed by atoms with van der Waals surface area (Å²) in [5.41, 5.74) is 1.40. The molecule has 0 spiro atoms. The molecule has 0 radical (unpaired) electrons. The third-order valence-electron chi connectivity index (χ3n) is 4.90. The van der Waals surface area contributed by atoms with Gasteiger partial charge in [0.1, 0.15) is 11.5 Å². The van der Waals surface area contributed by atoms with Gasteiger partial charge in [-0.15, -0.1) is 0 Å². The molecule has 3 atom stereocenters. The third kappa shape index (κ3) is 3.66. The topological polar surface area (TPSA) is 25.2 Å². The van der Waals surface area contributed by atoms with Gasteiger partial charge in [-0.25, -0.2) is 0 Å². The van der Waals surface area contributed by atoms with Crippen LogP contribution in [-0.2, 0) is 0 Å². The first-order valence-corrected chi connectivity index (χ1v) is 8.46. The second-order valence-electron chi connectivity index (χ2n) is 6.50. The van der Waals surface area contributed by atoms with E-state index >= 15 is 0 Å². The summed E-state index contributed by atoms with van der Waals surface area (Å²) >= 11 is 0. The minimum atomic E-state index is 0.488. The van der Waals surface area contributed by atoms with Crippen LogP contribution in [0.5, 0.6) is 0 Å². The first-order valence-electron chi connectivity index (χ1n) is 8.46. The molecule has 1 N–H and O–H groups in total. The fraction of sp³-hybridized carbons (Fsp3) is 0.778. The van der Waals surface area contributed by atoms with Crippen LogP contribution in [-0.4, -0.2) is 6.54 Å². The van der Waals surface area contributed by atoms with E-state index in [1.165, 1.54) is 44.1 Å². The van der Waals surface area contributed by atoms with Crippen LogP contribution in [0.3, 0.4) is 0 Å². The quantitative estimate of drug-likeness (QED) is 0.777. The van der Waals surface area contributed by atoms with Crippen LogP contribution in [0, 0.1) is 25.7 Å². The minimum absolute atomic E-state index is 0.488. The molecule has 2 rings (SSSR count). The van der Waals surface area contributed by atoms with Crippen LogP contribution in [0.25, 0.3) is 0 Å². The molecule has 2 heteroatoms. The molecule has 0 bridgehead atoms. The summed E-state index contributed by atoms with van der Waals surface area (Å²) in [5, 5.41) is 3.79. The van der Waals surface area contributed by atoms with Gasteiger partial charge in [0.15, 0.2) is 0 Å². The Bertz CT molecular complexity index is 410. The smallest absolute Gasteiger partial charge is 0.105 e. The van der Waals surface area contributed by atoms with E-state index < -0.39 is 0 Å². The van der Waals surface area contributed by atoms with Gasteiger partial charge >= 0.3 is 0 Å². The van der Waals surface area contributed by atoms with E-state index in [2.05, 4.69) is 39.1 Å². The lowest BCUT2D eigenvalue weighted by atomic mass is 9.75. The Balaban J connectivity index is 2.16. The standard InChI is InChI=1S/C18H31NO/c1-5-10-19-18(17-11-13(3)20-14(17)4)16-9-7-8-15(6-2)12-16/h11,15-16,18-19H,5-10,12H2,1-4H3. The molecule has 1 saturated carbocycles. The molecule has 20 heavy (non-hydrogen) atoms. The van der Waals surface area contributed by atoms with Crippen molar-refractivity contribution in [2.45, 2.75) is 72.3 Å². The molecule has 114 valence electrons. The molecule has 1 aromatic rings. The average molecular weight is 277 g/mol. The van der Waals surface area contributed by atoms with E-state index in [4.69, 9.17) is 4.42 Å². The SMILES string of the molecule is CCCNC(c1cc(C)oc1C)C1CCCC(CC)C1. The highest BCUT2D eigenvalue weighted by Gasteiger charge is 2.30. The van der Waals surface area contributed by atoms with Gasteiger partial charge in [0, 0.05) is 11.6 Å². The van der Waals surface area contributed by atoms with Crippen molar-refractivity contribution in [1.29, 1.82) is 0 Å². The molecule has 1 fully saturated rings. The molecule has 1 aliphatic rings. The molecule has 1 aliphatic carbocycles. The molecular weight excluding hydrogens is 246 g/mol. The first-order chi connectivity index (χ1) is 9.65. The van der Waals surface area contributed by atoms with Crippen LogP contribution in [0.15, 0.2) is 10.5 Å². The monoisotopic (exact) mass is 277 g/mol. The van der Waals surface area contributed by atoms with E-state index in [1.54, 1.807) is 0 Å². The zero-order valence-corrected chi connectivity index (χ0v) is 13.7. The van der Waals surface area contributed by atoms with Crippen molar-refractivity contribution in [3.63, 3.8) is 0 Å². The van der Waals surface area contributed by atoms with Gasteiger partial charge in [-0.3, -0.25) is 0 Å². The summed E-state index contributed by atoms with van der Waals surface area (Å²) < 4.78 is 5.78. The average Bonchev–Trinajstić information content (AvgIpc) is 2.78. The minimum Gasteiger partial charge on any atom is -0.466 e. The fourth-order valence-electron chi connectivity index (χ4n) is 3.80. The maximum atomic E-state index is 5.78. The predicted octanol–water partition coefficient (Wildman–Crippen LogP) is 5.15. The highest BCUT2D eigenvalue weighted by molar-refractivity contribution is 5.25. The van der Waals surface area contributed by atoms with Crippen LogP contribution in [0.4, 0.5) is 0 Å². The lowest BCUT2D eigenvalue weighted by molar-refractivity contribution is 0.208. The zero-order chi connectivity index (χ0) is 14.5. The number of rotatable bonds is 6. The maximum Gasteiger partial charge on any atom is 0.105 e. The highest BCUT2D eigenvalue weighted by atomic mass is 16.3. The van der Waals surface area contributed by atoms with Crippen LogP contribution in [0.2, 0.25) is 0 Å². The Hall–Kier alpha value is -0.760. The number of hydrogen-bond donors (Lipinski definition) is 1. The Labute approximate surface area is 124 Å². The van der Waals surface area contributed by atoms with Crippen LogP contribution < -0.4 is 5.32 Å². The van der Waals surface area contributed by atoms with Gasteiger partial charge in [-0.1, -0.05) is 33.1 Å². The van der Waals surface area contributed by atoms with E-state index in [0.29, 0.717) is 6.04 Å².